The van der Waals surface area contributed by atoms with Crippen LogP contribution in [0.25, 0.3) is 0 Å². The van der Waals surface area contributed by atoms with E-state index in [2.05, 4.69) is 53.5 Å². The molecule has 0 saturated carbocycles. The minimum atomic E-state index is 0. The van der Waals surface area contributed by atoms with Crippen molar-refractivity contribution in [3.8, 4) is 0 Å². The molecule has 0 bridgehead atoms. The van der Waals surface area contributed by atoms with E-state index < -0.39 is 0 Å². The van der Waals surface area contributed by atoms with Crippen LogP contribution in [0.15, 0.2) is 10.4 Å². The Labute approximate surface area is 203 Å². The molecule has 1 aromatic heterocycles. The molecule has 7 nitrogen and oxygen atoms in total. The maximum absolute atomic E-state index is 12.0. The first-order chi connectivity index (χ1) is 13.7. The molecule has 1 fully saturated rings. The first-order valence-electron chi connectivity index (χ1n) is 10.7. The van der Waals surface area contributed by atoms with E-state index in [1.165, 1.54) is 0 Å². The Kier molecular flexibility index (Phi) is 11.6. The van der Waals surface area contributed by atoms with E-state index in [9.17, 15) is 4.79 Å². The number of thiazole rings is 1. The number of carbonyl (C=O) groups excluding carboxylic acids is 1. The van der Waals surface area contributed by atoms with Gasteiger partial charge in [-0.3, -0.25) is 14.7 Å². The van der Waals surface area contributed by atoms with Gasteiger partial charge in [0.2, 0.25) is 5.91 Å². The lowest BCUT2D eigenvalue weighted by atomic mass is 9.93. The molecule has 1 aliphatic rings. The number of amides is 1. The van der Waals surface area contributed by atoms with Gasteiger partial charge in [-0.25, -0.2) is 4.98 Å². The Morgan fingerprint density at radius 3 is 2.47 bits per heavy atom. The molecule has 30 heavy (non-hydrogen) atoms. The zero-order chi connectivity index (χ0) is 21.4. The Morgan fingerprint density at radius 2 is 1.93 bits per heavy atom. The minimum absolute atomic E-state index is 0. The Balaban J connectivity index is 0.00000450. The number of aromatic nitrogens is 1. The third-order valence-electron chi connectivity index (χ3n) is 4.73. The number of aliphatic imine (C=N–C) groups is 1. The zero-order valence-corrected chi connectivity index (χ0v) is 22.5. The number of nitrogens with one attached hydrogen (secondary N) is 2. The molecular weight excluding hydrogens is 511 g/mol. The maximum atomic E-state index is 12.0. The van der Waals surface area contributed by atoms with Crippen molar-refractivity contribution in [3.63, 3.8) is 0 Å². The lowest BCUT2D eigenvalue weighted by molar-refractivity contribution is -0.123. The van der Waals surface area contributed by atoms with Crippen LogP contribution < -0.4 is 10.6 Å². The van der Waals surface area contributed by atoms with Gasteiger partial charge in [-0.15, -0.1) is 35.3 Å². The van der Waals surface area contributed by atoms with E-state index >= 15 is 0 Å². The van der Waals surface area contributed by atoms with Gasteiger partial charge in [-0.1, -0.05) is 20.8 Å². The molecule has 0 aliphatic carbocycles. The number of hydrogen-bond acceptors (Lipinski definition) is 5. The van der Waals surface area contributed by atoms with E-state index in [1.807, 2.05) is 13.8 Å². The first kappa shape index (κ1) is 27.1. The van der Waals surface area contributed by atoms with Gasteiger partial charge in [0, 0.05) is 62.5 Å². The number of halogens is 1. The average molecular weight is 551 g/mol. The van der Waals surface area contributed by atoms with Crippen LogP contribution >= 0.6 is 35.3 Å². The summed E-state index contributed by atoms with van der Waals surface area (Å²) in [6, 6.07) is 0.189. The highest BCUT2D eigenvalue weighted by atomic mass is 127. The Hall–Kier alpha value is -0.940. The summed E-state index contributed by atoms with van der Waals surface area (Å²) in [4.78, 5) is 26.1. The van der Waals surface area contributed by atoms with Gasteiger partial charge >= 0.3 is 0 Å². The van der Waals surface area contributed by atoms with Crippen LogP contribution in [0.5, 0.6) is 0 Å². The second-order valence-electron chi connectivity index (χ2n) is 8.85. The predicted molar refractivity (Wildman–Crippen MR) is 137 cm³/mol. The summed E-state index contributed by atoms with van der Waals surface area (Å²) in [5.74, 6) is 1.07. The molecule has 1 saturated heterocycles. The summed E-state index contributed by atoms with van der Waals surface area (Å²) in [5, 5.41) is 9.69. The number of carbonyl (C=O) groups is 1. The van der Waals surface area contributed by atoms with Crippen LogP contribution in [0.2, 0.25) is 0 Å². The lowest BCUT2D eigenvalue weighted by Crippen LogP contribution is -2.54. The molecule has 1 aliphatic heterocycles. The van der Waals surface area contributed by atoms with Crippen molar-refractivity contribution in [1.82, 2.24) is 25.4 Å². The predicted octanol–water partition coefficient (Wildman–Crippen LogP) is 2.71. The third-order valence-corrected chi connectivity index (χ3v) is 5.64. The summed E-state index contributed by atoms with van der Waals surface area (Å²) in [5.41, 5.74) is 1.25. The first-order valence-corrected chi connectivity index (χ1v) is 11.6. The fraction of sp³-hybridized carbons (Fsp3) is 0.762. The SMILES string of the molecule is CCNC(=NCCc1nc(C(C)(C)C)cs1)N1CCN(CC(=O)NC(C)C)CC1.I. The molecule has 0 spiro atoms. The molecule has 0 unspecified atom stereocenters. The smallest absolute Gasteiger partial charge is 0.234 e. The molecule has 9 heteroatoms. The number of hydrogen-bond donors (Lipinski definition) is 2. The van der Waals surface area contributed by atoms with E-state index in [-0.39, 0.29) is 41.3 Å². The summed E-state index contributed by atoms with van der Waals surface area (Å²) >= 11 is 1.73. The fourth-order valence-electron chi connectivity index (χ4n) is 3.14. The maximum Gasteiger partial charge on any atom is 0.234 e. The van der Waals surface area contributed by atoms with Crippen molar-refractivity contribution in [2.24, 2.45) is 4.99 Å². The standard InChI is InChI=1S/C21H38N6OS.HI/c1-7-22-20(23-9-8-19-25-17(15-29-19)21(4,5)6)27-12-10-26(11-13-27)14-18(28)24-16(2)3;/h15-16H,7-14H2,1-6H3,(H,22,23)(H,24,28);1H. The molecule has 172 valence electrons. The molecule has 2 heterocycles. The second-order valence-corrected chi connectivity index (χ2v) is 9.79. The Morgan fingerprint density at radius 1 is 1.27 bits per heavy atom. The molecular formula is C21H39IN6OS. The summed E-state index contributed by atoms with van der Waals surface area (Å²) in [7, 11) is 0. The molecule has 2 rings (SSSR count). The summed E-state index contributed by atoms with van der Waals surface area (Å²) in [6.45, 7) is 18.2. The van der Waals surface area contributed by atoms with E-state index in [4.69, 9.17) is 9.98 Å². The van der Waals surface area contributed by atoms with Crippen LogP contribution in [0.4, 0.5) is 0 Å². The van der Waals surface area contributed by atoms with Gasteiger partial charge in [0.1, 0.15) is 0 Å². The van der Waals surface area contributed by atoms with Gasteiger partial charge in [-0.2, -0.15) is 0 Å². The number of piperazine rings is 1. The van der Waals surface area contributed by atoms with Gasteiger partial charge in [-0.05, 0) is 20.8 Å². The van der Waals surface area contributed by atoms with Crippen LogP contribution in [0, 0.1) is 0 Å². The third kappa shape index (κ3) is 9.05. The monoisotopic (exact) mass is 550 g/mol. The van der Waals surface area contributed by atoms with Crippen molar-refractivity contribution in [1.29, 1.82) is 0 Å². The molecule has 1 aromatic rings. The van der Waals surface area contributed by atoms with Crippen molar-refractivity contribution in [3.05, 3.63) is 16.1 Å². The van der Waals surface area contributed by atoms with Gasteiger partial charge in [0.15, 0.2) is 5.96 Å². The molecule has 0 atom stereocenters. The zero-order valence-electron chi connectivity index (χ0n) is 19.3. The summed E-state index contributed by atoms with van der Waals surface area (Å²) in [6.07, 6.45) is 0.866. The highest BCUT2D eigenvalue weighted by molar-refractivity contribution is 14.0. The van der Waals surface area contributed by atoms with E-state index in [0.29, 0.717) is 6.54 Å². The van der Waals surface area contributed by atoms with Crippen LogP contribution in [0.3, 0.4) is 0 Å². The second kappa shape index (κ2) is 12.8. The lowest BCUT2D eigenvalue weighted by Gasteiger charge is -2.36. The topological polar surface area (TPSA) is 72.9 Å². The van der Waals surface area contributed by atoms with Crippen molar-refractivity contribution < 1.29 is 4.79 Å². The van der Waals surface area contributed by atoms with Gasteiger partial charge in [0.25, 0.3) is 0 Å². The number of guanidine groups is 1. The van der Waals surface area contributed by atoms with E-state index in [1.54, 1.807) is 11.3 Å². The highest BCUT2D eigenvalue weighted by Gasteiger charge is 2.21. The molecule has 1 amide bonds. The van der Waals surface area contributed by atoms with Gasteiger partial charge < -0.3 is 15.5 Å². The molecule has 0 radical (unpaired) electrons. The van der Waals surface area contributed by atoms with Crippen LogP contribution in [0.1, 0.15) is 52.2 Å². The quantitative estimate of drug-likeness (QED) is 0.311. The van der Waals surface area contributed by atoms with Crippen molar-refractivity contribution in [2.45, 2.75) is 59.4 Å². The normalized spacial score (nSPS) is 15.8. The van der Waals surface area contributed by atoms with Crippen molar-refractivity contribution >= 4 is 47.2 Å². The average Bonchev–Trinajstić information content (AvgIpc) is 3.10. The highest BCUT2D eigenvalue weighted by Crippen LogP contribution is 2.24. The van der Waals surface area contributed by atoms with E-state index in [0.717, 1.165) is 62.4 Å². The minimum Gasteiger partial charge on any atom is -0.357 e. The molecule has 2 N–H and O–H groups in total. The van der Waals surface area contributed by atoms with Crippen molar-refractivity contribution in [2.75, 3.05) is 45.8 Å². The number of rotatable bonds is 7. The molecule has 0 aromatic carbocycles. The van der Waals surface area contributed by atoms with Gasteiger partial charge in [0.05, 0.1) is 17.2 Å². The summed E-state index contributed by atoms with van der Waals surface area (Å²) < 4.78 is 0. The fourth-order valence-corrected chi connectivity index (χ4v) is 4.16. The Bertz CT molecular complexity index is 677. The van der Waals surface area contributed by atoms with Crippen LogP contribution in [-0.4, -0.2) is 78.5 Å². The van der Waals surface area contributed by atoms with Crippen LogP contribution in [-0.2, 0) is 16.6 Å². The number of nitrogens with zero attached hydrogens (tertiary/aromatic N) is 4. The largest absolute Gasteiger partial charge is 0.357 e.